The Bertz CT molecular complexity index is 1400. The summed E-state index contributed by atoms with van der Waals surface area (Å²) in [6.45, 7) is 17.8. The number of anilines is 1. The van der Waals surface area contributed by atoms with Crippen LogP contribution in [0.15, 0.2) is 59.2 Å². The summed E-state index contributed by atoms with van der Waals surface area (Å²) in [7, 11) is 0. The van der Waals surface area contributed by atoms with Crippen LogP contribution in [0.1, 0.15) is 117 Å². The molecular weight excluding hydrogens is 542 g/mol. The van der Waals surface area contributed by atoms with E-state index >= 15 is 0 Å². The van der Waals surface area contributed by atoms with Gasteiger partial charge in [-0.1, -0.05) is 85.5 Å². The molecule has 2 aliphatic rings. The number of nitrogens with two attached hydrogens (primary N) is 1. The number of aryl methyl sites for hydroxylation is 1. The van der Waals surface area contributed by atoms with E-state index in [1.807, 2.05) is 6.92 Å². The Labute approximate surface area is 266 Å². The number of aliphatic hydroxyl groups excluding tert-OH is 1. The minimum atomic E-state index is -0.720. The minimum absolute atomic E-state index is 0.0956. The number of aromatic nitrogens is 2. The van der Waals surface area contributed by atoms with Crippen molar-refractivity contribution in [1.29, 1.82) is 0 Å². The first kappa shape index (κ1) is 34.1. The van der Waals surface area contributed by atoms with Crippen LogP contribution in [0, 0.1) is 24.2 Å². The van der Waals surface area contributed by atoms with Crippen LogP contribution >= 0.6 is 0 Å². The summed E-state index contributed by atoms with van der Waals surface area (Å²) in [6.07, 6.45) is 15.6. The quantitative estimate of drug-likeness (QED) is 0.224. The fourth-order valence-corrected chi connectivity index (χ4v) is 8.52. The molecule has 0 aliphatic heterocycles. The van der Waals surface area contributed by atoms with Crippen molar-refractivity contribution in [2.45, 2.75) is 124 Å². The zero-order valence-corrected chi connectivity index (χ0v) is 28.6. The number of allylic oxidation sites excluding steroid dienone is 5. The number of hydrogen-bond donors (Lipinski definition) is 3. The molecule has 5 nitrogen and oxygen atoms in total. The summed E-state index contributed by atoms with van der Waals surface area (Å²) in [4.78, 5) is 9.70. The number of nitrogen functional groups attached to an aromatic ring is 1. The van der Waals surface area contributed by atoms with Gasteiger partial charge < -0.3 is 15.9 Å². The molecule has 2 aliphatic carbocycles. The first-order valence-electron chi connectivity index (χ1n) is 16.7. The van der Waals surface area contributed by atoms with Crippen molar-refractivity contribution in [1.82, 2.24) is 9.97 Å². The Morgan fingerprint density at radius 1 is 0.909 bits per heavy atom. The van der Waals surface area contributed by atoms with Gasteiger partial charge >= 0.3 is 0 Å². The zero-order chi connectivity index (χ0) is 32.3. The molecule has 0 amide bonds. The predicted molar refractivity (Wildman–Crippen MR) is 184 cm³/mol. The number of rotatable bonds is 11. The lowest BCUT2D eigenvalue weighted by Crippen LogP contribution is -2.60. The second kappa shape index (κ2) is 13.7. The summed E-state index contributed by atoms with van der Waals surface area (Å²) in [6, 6.07) is 8.56. The minimum Gasteiger partial charge on any atom is -0.392 e. The number of aliphatic hydroxyl groups is 2. The van der Waals surface area contributed by atoms with Gasteiger partial charge in [0.2, 0.25) is 5.95 Å². The molecule has 2 aromatic rings. The highest BCUT2D eigenvalue weighted by molar-refractivity contribution is 5.67. The Hall–Kier alpha value is -2.76. The average Bonchev–Trinajstić information content (AvgIpc) is 2.95. The van der Waals surface area contributed by atoms with Gasteiger partial charge in [-0.15, -0.1) is 0 Å². The van der Waals surface area contributed by atoms with Crippen LogP contribution in [0.25, 0.3) is 11.3 Å². The summed E-state index contributed by atoms with van der Waals surface area (Å²) in [5, 5.41) is 21.1. The van der Waals surface area contributed by atoms with E-state index in [0.717, 1.165) is 80.3 Å². The Morgan fingerprint density at radius 2 is 1.50 bits per heavy atom. The summed E-state index contributed by atoms with van der Waals surface area (Å²) < 4.78 is 0. The Kier molecular flexibility index (Phi) is 10.6. The molecule has 44 heavy (non-hydrogen) atoms. The Balaban J connectivity index is 1.54. The third-order valence-corrected chi connectivity index (χ3v) is 10.9. The van der Waals surface area contributed by atoms with E-state index in [4.69, 9.17) is 15.7 Å². The molecule has 1 saturated carbocycles. The highest BCUT2D eigenvalue weighted by Crippen LogP contribution is 2.62. The van der Waals surface area contributed by atoms with E-state index in [-0.39, 0.29) is 23.4 Å². The monoisotopic (exact) mass is 599 g/mol. The van der Waals surface area contributed by atoms with Crippen LogP contribution in [0.3, 0.4) is 0 Å². The highest BCUT2D eigenvalue weighted by atomic mass is 16.3. The van der Waals surface area contributed by atoms with Gasteiger partial charge in [-0.3, -0.25) is 0 Å². The molecular formula is C39H57N3O2. The third kappa shape index (κ3) is 7.37. The zero-order valence-electron chi connectivity index (χ0n) is 28.6. The van der Waals surface area contributed by atoms with Gasteiger partial charge in [-0.25, -0.2) is 9.97 Å². The number of fused-ring (bicyclic) bond motifs is 2. The number of nitrogens with zero attached hydrogens (tertiary/aromatic N) is 2. The van der Waals surface area contributed by atoms with Gasteiger partial charge in [0, 0.05) is 16.5 Å². The molecule has 1 heterocycles. The van der Waals surface area contributed by atoms with Crippen molar-refractivity contribution >= 4 is 5.95 Å². The van der Waals surface area contributed by atoms with Crippen molar-refractivity contribution < 1.29 is 10.2 Å². The average molecular weight is 600 g/mol. The third-order valence-electron chi connectivity index (χ3n) is 10.9. The normalized spacial score (nSPS) is 27.2. The first-order chi connectivity index (χ1) is 20.7. The van der Waals surface area contributed by atoms with E-state index in [9.17, 15) is 10.2 Å². The standard InChI is InChI=1S/C39H57N3O2/c1-26(14-10-16-29(4)25-43)12-9-13-27(2)15-11-17-33-38(7)24-31-34(30-20-18-28(3)19-21-30)41-36(40)42-35(31)37(5,6)32(38)22-23-39(33,8)44/h12,15-16,18-21,32-33,43-44H,9-11,13-14,17,22-25H2,1-8H3,(H2,40,41,42)/b26-12+,27-15+,29-16+/t32-,33+,38-,39+/m0/s1. The van der Waals surface area contributed by atoms with Gasteiger partial charge in [-0.2, -0.15) is 0 Å². The number of hydrogen-bond acceptors (Lipinski definition) is 5. The van der Waals surface area contributed by atoms with E-state index in [1.54, 1.807) is 0 Å². The summed E-state index contributed by atoms with van der Waals surface area (Å²) in [5.41, 5.74) is 14.7. The Morgan fingerprint density at radius 3 is 2.11 bits per heavy atom. The molecule has 1 aromatic heterocycles. The maximum Gasteiger partial charge on any atom is 0.220 e. The maximum atomic E-state index is 11.9. The topological polar surface area (TPSA) is 92.3 Å². The highest BCUT2D eigenvalue weighted by Gasteiger charge is 2.60. The van der Waals surface area contributed by atoms with Crippen molar-refractivity contribution in [3.05, 3.63) is 76.0 Å². The lowest BCUT2D eigenvalue weighted by atomic mass is 9.44. The van der Waals surface area contributed by atoms with Gasteiger partial charge in [-0.05, 0) is 110 Å². The molecule has 1 aromatic carbocycles. The molecule has 0 radical (unpaired) electrons. The lowest BCUT2D eigenvalue weighted by Gasteiger charge is -2.61. The fourth-order valence-electron chi connectivity index (χ4n) is 8.52. The van der Waals surface area contributed by atoms with Crippen LogP contribution < -0.4 is 5.73 Å². The smallest absolute Gasteiger partial charge is 0.220 e. The second-order valence-electron chi connectivity index (χ2n) is 15.0. The van der Waals surface area contributed by atoms with E-state index in [2.05, 4.69) is 91.0 Å². The molecule has 4 N–H and O–H groups in total. The molecule has 0 spiro atoms. The van der Waals surface area contributed by atoms with Crippen LogP contribution in [-0.4, -0.2) is 32.4 Å². The van der Waals surface area contributed by atoms with Crippen molar-refractivity contribution in [3.8, 4) is 11.3 Å². The SMILES string of the molecule is C/C(=C\CC/C(C)=C/CC/C(C)=C/CC[C@@H]1[C@@]2(C)Cc3c(-c4ccc(C)cc4)nc(N)nc3C(C)(C)[C@@H]2CC[C@@]1(C)O)CO. The molecule has 0 bridgehead atoms. The molecule has 4 rings (SSSR count). The van der Waals surface area contributed by atoms with Crippen LogP contribution in [-0.2, 0) is 11.8 Å². The summed E-state index contributed by atoms with van der Waals surface area (Å²) in [5.74, 6) is 0.892. The maximum absolute atomic E-state index is 11.9. The van der Waals surface area contributed by atoms with Crippen molar-refractivity contribution in [3.63, 3.8) is 0 Å². The first-order valence-corrected chi connectivity index (χ1v) is 16.7. The molecule has 0 unspecified atom stereocenters. The van der Waals surface area contributed by atoms with Gasteiger partial charge in [0.05, 0.1) is 23.6 Å². The van der Waals surface area contributed by atoms with Crippen molar-refractivity contribution in [2.24, 2.45) is 17.3 Å². The molecule has 4 atom stereocenters. The molecule has 5 heteroatoms. The van der Waals surface area contributed by atoms with E-state index in [0.29, 0.717) is 11.9 Å². The lowest BCUT2D eigenvalue weighted by molar-refractivity contribution is -0.144. The molecule has 240 valence electrons. The van der Waals surface area contributed by atoms with Gasteiger partial charge in [0.25, 0.3) is 0 Å². The summed E-state index contributed by atoms with van der Waals surface area (Å²) >= 11 is 0. The predicted octanol–water partition coefficient (Wildman–Crippen LogP) is 8.82. The van der Waals surface area contributed by atoms with Crippen LogP contribution in [0.4, 0.5) is 5.95 Å². The second-order valence-corrected chi connectivity index (χ2v) is 15.0. The molecule has 1 fully saturated rings. The van der Waals surface area contributed by atoms with Crippen LogP contribution in [0.5, 0.6) is 0 Å². The fraction of sp³-hybridized carbons (Fsp3) is 0.590. The van der Waals surface area contributed by atoms with Crippen LogP contribution in [0.2, 0.25) is 0 Å². The largest absolute Gasteiger partial charge is 0.392 e. The molecule has 0 saturated heterocycles. The van der Waals surface area contributed by atoms with Gasteiger partial charge in [0.15, 0.2) is 0 Å². The van der Waals surface area contributed by atoms with E-state index in [1.165, 1.54) is 22.3 Å². The number of benzene rings is 1. The van der Waals surface area contributed by atoms with E-state index < -0.39 is 5.60 Å². The van der Waals surface area contributed by atoms with Crippen molar-refractivity contribution in [2.75, 3.05) is 12.3 Å². The van der Waals surface area contributed by atoms with Gasteiger partial charge in [0.1, 0.15) is 0 Å².